The number of rotatable bonds is 5. The van der Waals surface area contributed by atoms with E-state index in [1.807, 2.05) is 18.2 Å². The Hall–Kier alpha value is -2.64. The van der Waals surface area contributed by atoms with Gasteiger partial charge in [0.05, 0.1) is 23.2 Å². The van der Waals surface area contributed by atoms with Crippen LogP contribution < -0.4 is 14.3 Å². The molecule has 28 heavy (non-hydrogen) atoms. The highest BCUT2D eigenvalue weighted by atomic mass is 32.1. The first kappa shape index (κ1) is 18.7. The molecule has 4 rings (SSSR count). The molecule has 0 aliphatic carbocycles. The van der Waals surface area contributed by atoms with E-state index in [2.05, 4.69) is 35.5 Å². The molecule has 2 aromatic carbocycles. The lowest BCUT2D eigenvalue weighted by molar-refractivity contribution is -0.117. The van der Waals surface area contributed by atoms with Gasteiger partial charge in [0, 0.05) is 13.7 Å². The maximum atomic E-state index is 12.7. The van der Waals surface area contributed by atoms with Crippen LogP contribution in [0.25, 0.3) is 10.2 Å². The van der Waals surface area contributed by atoms with Crippen LogP contribution in [0.1, 0.15) is 16.7 Å². The quantitative estimate of drug-likeness (QED) is 0.661. The van der Waals surface area contributed by atoms with E-state index < -0.39 is 0 Å². The normalized spacial score (nSPS) is 13.5. The molecule has 1 aromatic heterocycles. The molecule has 146 valence electrons. The summed E-state index contributed by atoms with van der Waals surface area (Å²) in [6.07, 6.45) is 0.215. The van der Waals surface area contributed by atoms with Gasteiger partial charge in [0.25, 0.3) is 5.91 Å². The number of aromatic nitrogens is 1. The number of thiazole rings is 1. The number of carbonyl (C=O) groups is 1. The molecule has 0 atom stereocenters. The highest BCUT2D eigenvalue weighted by Crippen LogP contribution is 2.32. The highest BCUT2D eigenvalue weighted by molar-refractivity contribution is 7.16. The van der Waals surface area contributed by atoms with Crippen LogP contribution in [0.2, 0.25) is 0 Å². The van der Waals surface area contributed by atoms with Gasteiger partial charge < -0.3 is 18.8 Å². The Kier molecular flexibility index (Phi) is 5.19. The summed E-state index contributed by atoms with van der Waals surface area (Å²) in [5, 5.41) is 0. The van der Waals surface area contributed by atoms with Crippen LogP contribution in [0.5, 0.6) is 11.5 Å². The summed E-state index contributed by atoms with van der Waals surface area (Å²) in [4.78, 5) is 17.8. The van der Waals surface area contributed by atoms with Crippen molar-refractivity contribution in [1.29, 1.82) is 0 Å². The number of hydrogen-bond acceptors (Lipinski definition) is 5. The first-order valence-corrected chi connectivity index (χ1v) is 9.92. The molecule has 6 nitrogen and oxygen atoms in total. The molecule has 3 aromatic rings. The van der Waals surface area contributed by atoms with Crippen LogP contribution in [0.15, 0.2) is 35.3 Å². The molecule has 1 aliphatic rings. The Labute approximate surface area is 167 Å². The Morgan fingerprint density at radius 3 is 2.86 bits per heavy atom. The molecule has 0 fully saturated rings. The summed E-state index contributed by atoms with van der Waals surface area (Å²) in [6.45, 7) is 5.59. The number of fused-ring (bicyclic) bond motifs is 2. The zero-order valence-electron chi connectivity index (χ0n) is 16.2. The van der Waals surface area contributed by atoms with Gasteiger partial charge in [-0.1, -0.05) is 23.5 Å². The smallest absolute Gasteiger partial charge is 0.252 e. The Bertz CT molecular complexity index is 1110. The number of amides is 1. The monoisotopic (exact) mass is 398 g/mol. The topological polar surface area (TPSA) is 62.1 Å². The Morgan fingerprint density at radius 2 is 2.04 bits per heavy atom. The van der Waals surface area contributed by atoms with Crippen molar-refractivity contribution in [2.75, 3.05) is 20.5 Å². The van der Waals surface area contributed by atoms with Crippen molar-refractivity contribution in [2.24, 2.45) is 4.99 Å². The van der Waals surface area contributed by atoms with Gasteiger partial charge in [-0.3, -0.25) is 4.79 Å². The van der Waals surface area contributed by atoms with E-state index in [0.717, 1.165) is 15.8 Å². The molecule has 0 N–H and O–H groups in total. The molecule has 0 saturated heterocycles. The van der Waals surface area contributed by atoms with E-state index in [0.29, 0.717) is 29.5 Å². The lowest BCUT2D eigenvalue weighted by Gasteiger charge is -2.06. The number of ether oxygens (including phenoxy) is 3. The average molecular weight is 398 g/mol. The summed E-state index contributed by atoms with van der Waals surface area (Å²) in [5.41, 5.74) is 4.33. The van der Waals surface area contributed by atoms with E-state index in [9.17, 15) is 4.79 Å². The van der Waals surface area contributed by atoms with Crippen molar-refractivity contribution in [3.8, 4) is 11.5 Å². The minimum absolute atomic E-state index is 0.189. The first-order valence-electron chi connectivity index (χ1n) is 9.11. The lowest BCUT2D eigenvalue weighted by atomic mass is 10.1. The zero-order chi connectivity index (χ0) is 19.7. The van der Waals surface area contributed by atoms with E-state index >= 15 is 0 Å². The van der Waals surface area contributed by atoms with E-state index in [1.165, 1.54) is 11.1 Å². The number of aryl methyl sites for hydroxylation is 2. The predicted molar refractivity (Wildman–Crippen MR) is 108 cm³/mol. The second-order valence-corrected chi connectivity index (χ2v) is 7.81. The van der Waals surface area contributed by atoms with Gasteiger partial charge >= 0.3 is 0 Å². The predicted octanol–water partition coefficient (Wildman–Crippen LogP) is 3.36. The van der Waals surface area contributed by atoms with E-state index in [1.54, 1.807) is 18.4 Å². The van der Waals surface area contributed by atoms with Gasteiger partial charge in [0.2, 0.25) is 6.79 Å². The van der Waals surface area contributed by atoms with Crippen LogP contribution in [0.4, 0.5) is 0 Å². The van der Waals surface area contributed by atoms with Crippen molar-refractivity contribution in [3.05, 3.63) is 51.8 Å². The third-order valence-electron chi connectivity index (χ3n) is 4.65. The average Bonchev–Trinajstić information content (AvgIpc) is 3.24. The molecule has 1 amide bonds. The van der Waals surface area contributed by atoms with Crippen molar-refractivity contribution in [2.45, 2.75) is 26.8 Å². The highest BCUT2D eigenvalue weighted by Gasteiger charge is 2.15. The molecule has 7 heteroatoms. The maximum Gasteiger partial charge on any atom is 0.252 e. The molecule has 0 radical (unpaired) electrons. The third-order valence-corrected chi connectivity index (χ3v) is 5.88. The molecule has 1 aliphatic heterocycles. The van der Waals surface area contributed by atoms with Crippen molar-refractivity contribution < 1.29 is 19.0 Å². The fourth-order valence-electron chi connectivity index (χ4n) is 3.37. The molecular formula is C21H22N2O4S. The standard InChI is InChI=1S/C21H22N2O4S/c1-13-8-14(2)20-16(9-13)23(6-7-25-3)21(28-20)22-19(24)11-15-4-5-17-18(10-15)27-12-26-17/h4-5,8-10H,6-7,11-12H2,1-3H3. The van der Waals surface area contributed by atoms with Crippen LogP contribution in [-0.2, 0) is 22.5 Å². The van der Waals surface area contributed by atoms with Gasteiger partial charge in [-0.05, 0) is 48.7 Å². The summed E-state index contributed by atoms with van der Waals surface area (Å²) in [6, 6.07) is 9.83. The van der Waals surface area contributed by atoms with E-state index in [4.69, 9.17) is 14.2 Å². The van der Waals surface area contributed by atoms with Crippen LogP contribution in [0.3, 0.4) is 0 Å². The van der Waals surface area contributed by atoms with Gasteiger partial charge in [-0.2, -0.15) is 4.99 Å². The number of benzene rings is 2. The lowest BCUT2D eigenvalue weighted by Crippen LogP contribution is -2.19. The Morgan fingerprint density at radius 1 is 1.21 bits per heavy atom. The molecule has 0 spiro atoms. The van der Waals surface area contributed by atoms with Gasteiger partial charge in [-0.25, -0.2) is 0 Å². The number of hydrogen-bond donors (Lipinski definition) is 0. The summed E-state index contributed by atoms with van der Waals surface area (Å²) in [7, 11) is 1.67. The zero-order valence-corrected chi connectivity index (χ0v) is 17.0. The molecular weight excluding hydrogens is 376 g/mol. The molecule has 0 unspecified atom stereocenters. The number of nitrogens with zero attached hydrogens (tertiary/aromatic N) is 2. The van der Waals surface area contributed by atoms with E-state index in [-0.39, 0.29) is 19.1 Å². The minimum Gasteiger partial charge on any atom is -0.454 e. The van der Waals surface area contributed by atoms with Crippen LogP contribution in [0, 0.1) is 13.8 Å². The fourth-order valence-corrected chi connectivity index (χ4v) is 4.49. The number of carbonyl (C=O) groups excluding carboxylic acids is 1. The van der Waals surface area contributed by atoms with Gasteiger partial charge in [-0.15, -0.1) is 0 Å². The largest absolute Gasteiger partial charge is 0.454 e. The van der Waals surface area contributed by atoms with Crippen LogP contribution >= 0.6 is 11.3 Å². The van der Waals surface area contributed by atoms with Gasteiger partial charge in [0.1, 0.15) is 0 Å². The number of methoxy groups -OCH3 is 1. The molecule has 2 heterocycles. The molecule has 0 saturated carbocycles. The SMILES string of the molecule is COCCn1c(=NC(=O)Cc2ccc3c(c2)OCO3)sc2c(C)cc(C)cc21. The van der Waals surface area contributed by atoms with Crippen molar-refractivity contribution in [3.63, 3.8) is 0 Å². The fraction of sp³-hybridized carbons (Fsp3) is 0.333. The van der Waals surface area contributed by atoms with Crippen molar-refractivity contribution >= 4 is 27.5 Å². The first-order chi connectivity index (χ1) is 13.5. The minimum atomic E-state index is -0.189. The van der Waals surface area contributed by atoms with Gasteiger partial charge in [0.15, 0.2) is 16.3 Å². The van der Waals surface area contributed by atoms with Crippen LogP contribution in [-0.4, -0.2) is 31.0 Å². The Balaban J connectivity index is 1.69. The summed E-state index contributed by atoms with van der Waals surface area (Å²) >= 11 is 1.54. The summed E-state index contributed by atoms with van der Waals surface area (Å²) < 4.78 is 19.2. The summed E-state index contributed by atoms with van der Waals surface area (Å²) in [5.74, 6) is 1.19. The second-order valence-electron chi connectivity index (χ2n) is 6.83. The third kappa shape index (κ3) is 3.68. The maximum absolute atomic E-state index is 12.7. The second kappa shape index (κ2) is 7.77. The van der Waals surface area contributed by atoms with Crippen molar-refractivity contribution in [1.82, 2.24) is 4.57 Å². The molecule has 0 bridgehead atoms.